The Morgan fingerprint density at radius 2 is 2.00 bits per heavy atom. The quantitative estimate of drug-likeness (QED) is 0.825. The largest absolute Gasteiger partial charge is 0.378 e. The van der Waals surface area contributed by atoms with Crippen molar-refractivity contribution >= 4 is 17.2 Å². The minimum atomic E-state index is -0.550. The normalized spacial score (nSPS) is 10.1. The molecule has 4 nitrogen and oxygen atoms in total. The molecule has 0 aliphatic heterocycles. The molecule has 0 fully saturated rings. The maximum atomic E-state index is 12.9. The smallest absolute Gasteiger partial charge is 0.218 e. The molecular weight excluding hydrogens is 219 g/mol. The number of anilines is 3. The van der Waals surface area contributed by atoms with Crippen molar-refractivity contribution < 1.29 is 4.39 Å². The van der Waals surface area contributed by atoms with E-state index in [1.807, 2.05) is 43.3 Å². The van der Waals surface area contributed by atoms with Gasteiger partial charge >= 0.3 is 0 Å². The molecule has 0 atom stereocenters. The van der Waals surface area contributed by atoms with Gasteiger partial charge in [-0.2, -0.15) is 4.39 Å². The molecule has 0 bridgehead atoms. The van der Waals surface area contributed by atoms with Gasteiger partial charge < -0.3 is 10.2 Å². The van der Waals surface area contributed by atoms with E-state index in [0.717, 1.165) is 11.4 Å². The van der Waals surface area contributed by atoms with Crippen LogP contribution in [0, 0.1) is 5.95 Å². The second kappa shape index (κ2) is 4.78. The lowest BCUT2D eigenvalue weighted by Crippen LogP contribution is -2.08. The molecule has 17 heavy (non-hydrogen) atoms. The first-order valence-electron chi connectivity index (χ1n) is 5.17. The molecule has 0 unspecified atom stereocenters. The van der Waals surface area contributed by atoms with Crippen LogP contribution in [0.5, 0.6) is 0 Å². The number of nitrogens with zero attached hydrogens (tertiary/aromatic N) is 3. The SMILES string of the molecule is CN(C)c1cccc(Nc2cc(F)ncn2)c1. The summed E-state index contributed by atoms with van der Waals surface area (Å²) in [7, 11) is 3.92. The van der Waals surface area contributed by atoms with Gasteiger partial charge in [-0.25, -0.2) is 9.97 Å². The van der Waals surface area contributed by atoms with Crippen molar-refractivity contribution in [3.8, 4) is 0 Å². The van der Waals surface area contributed by atoms with Crippen LogP contribution in [-0.2, 0) is 0 Å². The van der Waals surface area contributed by atoms with E-state index in [2.05, 4.69) is 15.3 Å². The van der Waals surface area contributed by atoms with E-state index in [9.17, 15) is 4.39 Å². The second-order valence-electron chi connectivity index (χ2n) is 3.80. The van der Waals surface area contributed by atoms with Gasteiger partial charge in [-0.3, -0.25) is 0 Å². The van der Waals surface area contributed by atoms with Gasteiger partial charge in [-0.05, 0) is 18.2 Å². The molecule has 0 radical (unpaired) electrons. The zero-order chi connectivity index (χ0) is 12.3. The first kappa shape index (κ1) is 11.3. The third kappa shape index (κ3) is 2.90. The highest BCUT2D eigenvalue weighted by molar-refractivity contribution is 5.62. The van der Waals surface area contributed by atoms with Gasteiger partial charge in [0.25, 0.3) is 0 Å². The Bertz CT molecular complexity index is 513. The molecule has 1 aromatic heterocycles. The molecule has 1 heterocycles. The molecule has 1 aromatic carbocycles. The Morgan fingerprint density at radius 1 is 1.18 bits per heavy atom. The molecule has 0 saturated heterocycles. The molecule has 88 valence electrons. The first-order valence-corrected chi connectivity index (χ1v) is 5.17. The highest BCUT2D eigenvalue weighted by Crippen LogP contribution is 2.20. The van der Waals surface area contributed by atoms with Gasteiger partial charge in [0.05, 0.1) is 0 Å². The van der Waals surface area contributed by atoms with Crippen molar-refractivity contribution in [1.82, 2.24) is 9.97 Å². The molecule has 0 spiro atoms. The van der Waals surface area contributed by atoms with Crippen LogP contribution in [0.4, 0.5) is 21.6 Å². The van der Waals surface area contributed by atoms with Crippen LogP contribution >= 0.6 is 0 Å². The summed E-state index contributed by atoms with van der Waals surface area (Å²) in [4.78, 5) is 9.33. The van der Waals surface area contributed by atoms with Crippen LogP contribution < -0.4 is 10.2 Å². The lowest BCUT2D eigenvalue weighted by Gasteiger charge is -2.14. The number of nitrogens with one attached hydrogen (secondary N) is 1. The third-order valence-corrected chi connectivity index (χ3v) is 2.27. The van der Waals surface area contributed by atoms with E-state index in [1.54, 1.807) is 0 Å². The zero-order valence-corrected chi connectivity index (χ0v) is 9.68. The Kier molecular flexibility index (Phi) is 3.18. The summed E-state index contributed by atoms with van der Waals surface area (Å²) in [6.45, 7) is 0. The van der Waals surface area contributed by atoms with E-state index >= 15 is 0 Å². The monoisotopic (exact) mass is 232 g/mol. The first-order chi connectivity index (χ1) is 8.15. The average Bonchev–Trinajstić information content (AvgIpc) is 2.29. The van der Waals surface area contributed by atoms with Gasteiger partial charge in [-0.15, -0.1) is 0 Å². The molecule has 0 saturated carbocycles. The van der Waals surface area contributed by atoms with Gasteiger partial charge in [0, 0.05) is 31.5 Å². The number of hydrogen-bond donors (Lipinski definition) is 1. The molecular formula is C12H13FN4. The van der Waals surface area contributed by atoms with Crippen LogP contribution in [0.3, 0.4) is 0 Å². The summed E-state index contributed by atoms with van der Waals surface area (Å²) in [5.41, 5.74) is 1.92. The summed E-state index contributed by atoms with van der Waals surface area (Å²) in [6.07, 6.45) is 1.19. The van der Waals surface area contributed by atoms with Gasteiger partial charge in [0.2, 0.25) is 5.95 Å². The standard InChI is InChI=1S/C12H13FN4/c1-17(2)10-5-3-4-9(6-10)16-12-7-11(13)14-8-15-12/h3-8H,1-2H3,(H,14,15,16). The third-order valence-electron chi connectivity index (χ3n) is 2.27. The molecule has 0 aliphatic rings. The fourth-order valence-corrected chi connectivity index (χ4v) is 1.41. The van der Waals surface area contributed by atoms with Crippen molar-refractivity contribution in [3.05, 3.63) is 42.6 Å². The zero-order valence-electron chi connectivity index (χ0n) is 9.68. The highest BCUT2D eigenvalue weighted by atomic mass is 19.1. The Morgan fingerprint density at radius 3 is 2.71 bits per heavy atom. The Balaban J connectivity index is 2.21. The van der Waals surface area contributed by atoms with E-state index in [0.29, 0.717) is 5.82 Å². The van der Waals surface area contributed by atoms with Gasteiger partial charge in [0.15, 0.2) is 0 Å². The van der Waals surface area contributed by atoms with E-state index in [-0.39, 0.29) is 0 Å². The van der Waals surface area contributed by atoms with Gasteiger partial charge in [0.1, 0.15) is 12.1 Å². The van der Waals surface area contributed by atoms with Gasteiger partial charge in [-0.1, -0.05) is 6.07 Å². The van der Waals surface area contributed by atoms with Crippen LogP contribution in [0.25, 0.3) is 0 Å². The van der Waals surface area contributed by atoms with E-state index in [4.69, 9.17) is 0 Å². The molecule has 2 aromatic rings. The van der Waals surface area contributed by atoms with Crippen molar-refractivity contribution in [2.45, 2.75) is 0 Å². The molecule has 2 rings (SSSR count). The molecule has 0 amide bonds. The van der Waals surface area contributed by atoms with Crippen molar-refractivity contribution in [3.63, 3.8) is 0 Å². The summed E-state index contributed by atoms with van der Waals surface area (Å²) in [6, 6.07) is 9.02. The predicted molar refractivity (Wildman–Crippen MR) is 66.0 cm³/mol. The number of aromatic nitrogens is 2. The van der Waals surface area contributed by atoms with Crippen LogP contribution in [-0.4, -0.2) is 24.1 Å². The second-order valence-corrected chi connectivity index (χ2v) is 3.80. The minimum absolute atomic E-state index is 0.438. The number of rotatable bonds is 3. The number of benzene rings is 1. The van der Waals surface area contributed by atoms with Crippen molar-refractivity contribution in [1.29, 1.82) is 0 Å². The summed E-state index contributed by atoms with van der Waals surface area (Å²) in [5.74, 6) is -0.111. The highest BCUT2D eigenvalue weighted by Gasteiger charge is 2.00. The number of halogens is 1. The Hall–Kier alpha value is -2.17. The van der Waals surface area contributed by atoms with Crippen molar-refractivity contribution in [2.24, 2.45) is 0 Å². The molecule has 0 aliphatic carbocycles. The predicted octanol–water partition coefficient (Wildman–Crippen LogP) is 2.43. The fourth-order valence-electron chi connectivity index (χ4n) is 1.41. The number of hydrogen-bond acceptors (Lipinski definition) is 4. The van der Waals surface area contributed by atoms with Crippen molar-refractivity contribution in [2.75, 3.05) is 24.3 Å². The maximum Gasteiger partial charge on any atom is 0.218 e. The topological polar surface area (TPSA) is 41.0 Å². The summed E-state index contributed by atoms with van der Waals surface area (Å²) < 4.78 is 12.9. The summed E-state index contributed by atoms with van der Waals surface area (Å²) in [5, 5.41) is 3.02. The average molecular weight is 232 g/mol. The van der Waals surface area contributed by atoms with E-state index in [1.165, 1.54) is 12.4 Å². The van der Waals surface area contributed by atoms with Crippen LogP contribution in [0.1, 0.15) is 0 Å². The van der Waals surface area contributed by atoms with Crippen LogP contribution in [0.2, 0.25) is 0 Å². The van der Waals surface area contributed by atoms with E-state index < -0.39 is 5.95 Å². The summed E-state index contributed by atoms with van der Waals surface area (Å²) >= 11 is 0. The minimum Gasteiger partial charge on any atom is -0.378 e. The molecule has 1 N–H and O–H groups in total. The maximum absolute atomic E-state index is 12.9. The lowest BCUT2D eigenvalue weighted by atomic mass is 10.2. The Labute approximate surface area is 99.1 Å². The fraction of sp³-hybridized carbons (Fsp3) is 0.167. The lowest BCUT2D eigenvalue weighted by molar-refractivity contribution is 0.580. The molecule has 5 heteroatoms. The van der Waals surface area contributed by atoms with Crippen LogP contribution in [0.15, 0.2) is 36.7 Å².